The molecule has 248 valence electrons. The van der Waals surface area contributed by atoms with Gasteiger partial charge in [-0.2, -0.15) is 10.2 Å². The van der Waals surface area contributed by atoms with Crippen molar-refractivity contribution >= 4 is 23.2 Å². The number of benzene rings is 2. The maximum atomic E-state index is 12.5. The minimum atomic E-state index is -0.251. The van der Waals surface area contributed by atoms with Gasteiger partial charge in [0.1, 0.15) is 21.7 Å². The summed E-state index contributed by atoms with van der Waals surface area (Å²) >= 11 is 12.6. The van der Waals surface area contributed by atoms with Crippen LogP contribution in [0, 0.1) is 13.8 Å². The van der Waals surface area contributed by atoms with Gasteiger partial charge in [0.25, 0.3) is 11.1 Å². The van der Waals surface area contributed by atoms with Gasteiger partial charge in [-0.05, 0) is 93.9 Å². The van der Waals surface area contributed by atoms with E-state index in [9.17, 15) is 9.59 Å². The Kier molecular flexibility index (Phi) is 10.6. The lowest BCUT2D eigenvalue weighted by atomic mass is 10.1. The summed E-state index contributed by atoms with van der Waals surface area (Å²) in [4.78, 5) is 24.8. The normalized spacial score (nSPS) is 10.8. The summed E-state index contributed by atoms with van der Waals surface area (Å²) in [5.41, 5.74) is 6.51. The number of nitrogens with zero attached hydrogens (tertiary/aromatic N) is 6. The predicted molar refractivity (Wildman–Crippen MR) is 190 cm³/mol. The van der Waals surface area contributed by atoms with E-state index in [2.05, 4.69) is 10.2 Å². The standard InChI is InChI=1S/C18H17Cl2N3O2.C18H19N3O2/c1-4-22-16(12-5-7-13(25-3)8-6-12)15(9-14(19)18(22)24)23-17(20)11(2)10-21-23;1-4-20-17(22)10-9-16(21-12-13(2)11-19-21)18(20)14-5-7-15(23-3)8-6-14/h5-10H,4H2,1-3H3;5-12H,4H2,1-3H3. The molecule has 4 heterocycles. The largest absolute Gasteiger partial charge is 0.497 e. The minimum Gasteiger partial charge on any atom is -0.497 e. The molecule has 6 aromatic rings. The third-order valence-corrected chi connectivity index (χ3v) is 8.54. The van der Waals surface area contributed by atoms with E-state index in [1.165, 1.54) is 0 Å². The molecule has 0 fully saturated rings. The molecule has 2 aromatic carbocycles. The molecule has 0 saturated carbocycles. The molecular formula is C36H36Cl2N6O4. The van der Waals surface area contributed by atoms with Crippen molar-refractivity contribution in [1.29, 1.82) is 0 Å². The number of aromatic nitrogens is 6. The fourth-order valence-corrected chi connectivity index (χ4v) is 5.77. The van der Waals surface area contributed by atoms with Crippen molar-refractivity contribution < 1.29 is 9.47 Å². The van der Waals surface area contributed by atoms with Gasteiger partial charge in [0.15, 0.2) is 0 Å². The second kappa shape index (κ2) is 14.8. The van der Waals surface area contributed by atoms with E-state index in [1.807, 2.05) is 88.5 Å². The third-order valence-electron chi connectivity index (χ3n) is 7.81. The van der Waals surface area contributed by atoms with E-state index in [0.717, 1.165) is 45.1 Å². The molecule has 0 spiro atoms. The molecule has 0 aliphatic rings. The Hall–Kier alpha value is -5.06. The van der Waals surface area contributed by atoms with Gasteiger partial charge in [0.05, 0.1) is 49.4 Å². The first kappa shape index (κ1) is 34.3. The minimum absolute atomic E-state index is 0.0223. The number of hydrogen-bond acceptors (Lipinski definition) is 6. The van der Waals surface area contributed by atoms with Gasteiger partial charge in [-0.1, -0.05) is 23.2 Å². The number of ether oxygens (including phenoxy) is 2. The van der Waals surface area contributed by atoms with E-state index in [0.29, 0.717) is 29.6 Å². The highest BCUT2D eigenvalue weighted by molar-refractivity contribution is 6.31. The zero-order chi connectivity index (χ0) is 34.5. The van der Waals surface area contributed by atoms with Crippen LogP contribution in [0.5, 0.6) is 11.5 Å². The van der Waals surface area contributed by atoms with Gasteiger partial charge < -0.3 is 18.6 Å². The van der Waals surface area contributed by atoms with Gasteiger partial charge in [-0.25, -0.2) is 9.36 Å². The van der Waals surface area contributed by atoms with E-state index in [-0.39, 0.29) is 16.1 Å². The van der Waals surface area contributed by atoms with Crippen molar-refractivity contribution in [3.05, 3.63) is 127 Å². The maximum Gasteiger partial charge on any atom is 0.269 e. The first-order valence-corrected chi connectivity index (χ1v) is 16.1. The number of aryl methyl sites for hydroxylation is 2. The lowest BCUT2D eigenvalue weighted by molar-refractivity contribution is 0.414. The second-order valence-corrected chi connectivity index (χ2v) is 11.6. The van der Waals surface area contributed by atoms with Crippen molar-refractivity contribution in [2.24, 2.45) is 0 Å². The third kappa shape index (κ3) is 6.81. The summed E-state index contributed by atoms with van der Waals surface area (Å²) in [6.45, 7) is 8.78. The first-order valence-electron chi connectivity index (χ1n) is 15.3. The summed E-state index contributed by atoms with van der Waals surface area (Å²) in [6, 6.07) is 20.2. The lowest BCUT2D eigenvalue weighted by Gasteiger charge is -2.18. The highest BCUT2D eigenvalue weighted by Crippen LogP contribution is 2.32. The van der Waals surface area contributed by atoms with Crippen LogP contribution in [-0.2, 0) is 13.1 Å². The van der Waals surface area contributed by atoms with Crippen molar-refractivity contribution in [2.45, 2.75) is 40.8 Å². The average molecular weight is 688 g/mol. The first-order chi connectivity index (χ1) is 23.1. The monoisotopic (exact) mass is 686 g/mol. The van der Waals surface area contributed by atoms with E-state index >= 15 is 0 Å². The molecule has 0 saturated heterocycles. The van der Waals surface area contributed by atoms with Gasteiger partial charge in [-0.15, -0.1) is 0 Å². The van der Waals surface area contributed by atoms with Crippen LogP contribution in [0.2, 0.25) is 10.2 Å². The number of hydrogen-bond donors (Lipinski definition) is 0. The van der Waals surface area contributed by atoms with E-state index in [1.54, 1.807) is 57.2 Å². The Morgan fingerprint density at radius 2 is 1.27 bits per heavy atom. The molecule has 10 nitrogen and oxygen atoms in total. The molecule has 0 aliphatic heterocycles. The molecule has 0 bridgehead atoms. The van der Waals surface area contributed by atoms with Crippen LogP contribution < -0.4 is 20.6 Å². The zero-order valence-electron chi connectivity index (χ0n) is 27.6. The van der Waals surface area contributed by atoms with Crippen molar-refractivity contribution in [3.8, 4) is 45.4 Å². The molecule has 0 atom stereocenters. The van der Waals surface area contributed by atoms with Gasteiger partial charge in [0, 0.05) is 42.0 Å². The van der Waals surface area contributed by atoms with Crippen LogP contribution in [0.4, 0.5) is 0 Å². The van der Waals surface area contributed by atoms with Crippen LogP contribution in [0.15, 0.2) is 94.9 Å². The van der Waals surface area contributed by atoms with E-state index in [4.69, 9.17) is 32.7 Å². The summed E-state index contributed by atoms with van der Waals surface area (Å²) in [6.07, 6.45) is 5.43. The Morgan fingerprint density at radius 3 is 1.73 bits per heavy atom. The number of pyridine rings is 2. The van der Waals surface area contributed by atoms with Crippen LogP contribution in [0.3, 0.4) is 0 Å². The van der Waals surface area contributed by atoms with Crippen molar-refractivity contribution in [3.63, 3.8) is 0 Å². The molecule has 4 aromatic heterocycles. The molecule has 0 aliphatic carbocycles. The average Bonchev–Trinajstić information content (AvgIpc) is 3.69. The number of halogens is 2. The zero-order valence-corrected chi connectivity index (χ0v) is 29.1. The highest BCUT2D eigenvalue weighted by Gasteiger charge is 2.19. The van der Waals surface area contributed by atoms with Gasteiger partial charge in [0.2, 0.25) is 0 Å². The fraction of sp³-hybridized carbons (Fsp3) is 0.222. The molecule has 12 heteroatoms. The maximum absolute atomic E-state index is 12.5. The quantitative estimate of drug-likeness (QED) is 0.166. The summed E-state index contributed by atoms with van der Waals surface area (Å²) in [5.74, 6) is 1.52. The summed E-state index contributed by atoms with van der Waals surface area (Å²) in [5, 5.41) is 9.33. The lowest BCUT2D eigenvalue weighted by Crippen LogP contribution is -2.23. The van der Waals surface area contributed by atoms with Crippen LogP contribution in [0.25, 0.3) is 33.9 Å². The van der Waals surface area contributed by atoms with Gasteiger partial charge in [-0.3, -0.25) is 9.59 Å². The molecule has 0 radical (unpaired) electrons. The Morgan fingerprint density at radius 1 is 0.708 bits per heavy atom. The smallest absolute Gasteiger partial charge is 0.269 e. The molecule has 0 N–H and O–H groups in total. The van der Waals surface area contributed by atoms with E-state index < -0.39 is 0 Å². The number of methoxy groups -OCH3 is 2. The van der Waals surface area contributed by atoms with Crippen molar-refractivity contribution in [2.75, 3.05) is 14.2 Å². The Labute approximate surface area is 288 Å². The molecular weight excluding hydrogens is 651 g/mol. The van der Waals surface area contributed by atoms with Crippen LogP contribution in [-0.4, -0.2) is 42.9 Å². The summed E-state index contributed by atoms with van der Waals surface area (Å²) < 4.78 is 17.2. The highest BCUT2D eigenvalue weighted by atomic mass is 35.5. The molecule has 6 rings (SSSR count). The Bertz CT molecular complexity index is 2160. The topological polar surface area (TPSA) is 98.1 Å². The molecule has 48 heavy (non-hydrogen) atoms. The SMILES string of the molecule is CCn1c(-c2ccc(OC)cc2)c(-n2cc(C)cn2)ccc1=O.CCn1c(-c2ccc(OC)cc2)c(-n2ncc(C)c2Cl)cc(Cl)c1=O. The summed E-state index contributed by atoms with van der Waals surface area (Å²) in [7, 11) is 3.24. The molecule has 0 amide bonds. The molecule has 0 unspecified atom stereocenters. The van der Waals surface area contributed by atoms with Crippen LogP contribution >= 0.6 is 23.2 Å². The second-order valence-electron chi connectivity index (χ2n) is 10.9. The number of rotatable bonds is 8. The fourth-order valence-electron chi connectivity index (χ4n) is 5.38. The predicted octanol–water partition coefficient (Wildman–Crippen LogP) is 7.38. The van der Waals surface area contributed by atoms with Crippen LogP contribution in [0.1, 0.15) is 25.0 Å². The Balaban J connectivity index is 0.000000188. The van der Waals surface area contributed by atoms with Gasteiger partial charge >= 0.3 is 0 Å². The van der Waals surface area contributed by atoms with Crippen molar-refractivity contribution in [1.82, 2.24) is 28.7 Å².